The number of quaternary nitrogens is 1. The lowest BCUT2D eigenvalue weighted by Gasteiger charge is -2.31. The number of benzene rings is 1. The van der Waals surface area contributed by atoms with Crippen LogP contribution in [-0.4, -0.2) is 173 Å². The van der Waals surface area contributed by atoms with E-state index in [0.717, 1.165) is 16.7 Å². The molecule has 0 bridgehead atoms. The molecule has 2 aliphatic rings. The van der Waals surface area contributed by atoms with Crippen molar-refractivity contribution in [3.63, 3.8) is 0 Å². The van der Waals surface area contributed by atoms with Gasteiger partial charge in [-0.3, -0.25) is 28.8 Å². The van der Waals surface area contributed by atoms with E-state index in [-0.39, 0.29) is 44.5 Å². The summed E-state index contributed by atoms with van der Waals surface area (Å²) < 4.78 is 4.58. The van der Waals surface area contributed by atoms with Crippen molar-refractivity contribution in [2.45, 2.75) is 87.4 Å². The molecule has 2 aliphatic heterocycles. The Labute approximate surface area is 320 Å². The van der Waals surface area contributed by atoms with Crippen LogP contribution in [0, 0.1) is 0 Å². The molecule has 1 aromatic carbocycles. The Morgan fingerprint density at radius 1 is 0.804 bits per heavy atom. The van der Waals surface area contributed by atoms with Gasteiger partial charge in [-0.05, 0) is 50.3 Å². The van der Waals surface area contributed by atoms with Crippen molar-refractivity contribution in [3.8, 4) is 5.75 Å². The Hall–Kier alpha value is -4.58. The van der Waals surface area contributed by atoms with Gasteiger partial charge in [0.1, 0.15) is 48.6 Å². The van der Waals surface area contributed by atoms with Gasteiger partial charge in [-0.15, -0.1) is 0 Å². The molecule has 0 radical (unpaired) electrons. The SMILES string of the molecule is C[C@@H](O)[C@H](NC(=O)[C@@H]1CCCN1C(=O)[C@H](CO)NC(=O)[C@@H]([NH3+])Cc1ccc(O)cc1)C(=O)N[C@@H](CO[P+](O)(O)O)C(=O)N1CCC[C@H]1C(=O)N[C@@H](CO)C(=O)O. The van der Waals surface area contributed by atoms with Crippen LogP contribution in [-0.2, 0) is 44.5 Å². The van der Waals surface area contributed by atoms with Gasteiger partial charge in [0.2, 0.25) is 29.5 Å². The number of carbonyl (C=O) groups excluding carboxylic acids is 6. The summed E-state index contributed by atoms with van der Waals surface area (Å²) in [5.41, 5.74) is 4.47. The lowest BCUT2D eigenvalue weighted by Crippen LogP contribution is -2.70. The van der Waals surface area contributed by atoms with Crippen LogP contribution in [0.25, 0.3) is 0 Å². The number of aliphatic hydroxyl groups excluding tert-OH is 3. The molecule has 0 aliphatic carbocycles. The fourth-order valence-corrected chi connectivity index (χ4v) is 6.56. The summed E-state index contributed by atoms with van der Waals surface area (Å²) in [5, 5.41) is 57.5. The molecule has 312 valence electrons. The first kappa shape index (κ1) is 45.8. The summed E-state index contributed by atoms with van der Waals surface area (Å²) in [5.74, 6) is -7.19. The van der Waals surface area contributed by atoms with Crippen molar-refractivity contribution in [1.82, 2.24) is 31.1 Å². The number of carbonyl (C=O) groups is 7. The number of amides is 6. The standard InChI is InChI=1S/C32H48N7O16P/c1-16(42)25(29(47)36-22(15-55-56(52,53)54)31(49)39-11-2-4-23(39)27(45)35-21(14-41)32(50)51)37-28(46)24-5-3-10-38(24)30(48)20(13-40)34-26(44)19(33)12-17-6-8-18(43)9-7-17/h6-9,16,19-25,40-42,52-54H,2-5,10-15,33H2,1H3,(H5-,34,35,36,37,43,44,45,46,47,50,51)/p+2/t16-,19+,20+,21+,22+,23+,24+,25+/m1/s1. The Balaban J connectivity index is 1.72. The van der Waals surface area contributed by atoms with Crippen molar-refractivity contribution in [1.29, 1.82) is 0 Å². The number of nitrogens with zero attached hydrogens (tertiary/aromatic N) is 2. The number of phenolic OH excluding ortho intramolecular Hbond substituents is 1. The van der Waals surface area contributed by atoms with E-state index in [9.17, 15) is 73.8 Å². The predicted octanol–water partition coefficient (Wildman–Crippen LogP) is -6.41. The maximum atomic E-state index is 13.7. The first-order valence-corrected chi connectivity index (χ1v) is 19.1. The number of likely N-dealkylation sites (tertiary alicyclic amines) is 2. The largest absolute Gasteiger partial charge is 0.567 e. The molecule has 0 saturated carbocycles. The van der Waals surface area contributed by atoms with E-state index in [2.05, 4.69) is 31.5 Å². The number of aromatic hydroxyl groups is 1. The predicted molar refractivity (Wildman–Crippen MR) is 189 cm³/mol. The highest BCUT2D eigenvalue weighted by molar-refractivity contribution is 7.53. The van der Waals surface area contributed by atoms with E-state index in [1.165, 1.54) is 12.1 Å². The van der Waals surface area contributed by atoms with Crippen molar-refractivity contribution < 1.29 is 84.0 Å². The van der Waals surface area contributed by atoms with Gasteiger partial charge in [0.25, 0.3) is 5.91 Å². The molecular formula is C32H50N7O16P+2. The van der Waals surface area contributed by atoms with Gasteiger partial charge in [-0.25, -0.2) is 4.79 Å². The minimum atomic E-state index is -5.00. The minimum Gasteiger partial charge on any atom is -0.508 e. The van der Waals surface area contributed by atoms with Gasteiger partial charge in [0, 0.05) is 19.5 Å². The zero-order valence-electron chi connectivity index (χ0n) is 30.4. The average Bonchev–Trinajstić information content (AvgIpc) is 3.84. The van der Waals surface area contributed by atoms with E-state index >= 15 is 0 Å². The van der Waals surface area contributed by atoms with E-state index in [1.54, 1.807) is 12.1 Å². The van der Waals surface area contributed by atoms with Crippen molar-refractivity contribution in [2.75, 3.05) is 32.9 Å². The average molecular weight is 820 g/mol. The Morgan fingerprint density at radius 3 is 1.79 bits per heavy atom. The van der Waals surface area contributed by atoms with Crippen molar-refractivity contribution in [2.24, 2.45) is 0 Å². The second-order valence-corrected chi connectivity index (χ2v) is 14.7. The second kappa shape index (κ2) is 20.5. The molecule has 2 saturated heterocycles. The van der Waals surface area contributed by atoms with E-state index in [4.69, 9.17) is 0 Å². The lowest BCUT2D eigenvalue weighted by atomic mass is 10.1. The molecular weight excluding hydrogens is 769 g/mol. The van der Waals surface area contributed by atoms with Gasteiger partial charge in [-0.2, -0.15) is 19.2 Å². The summed E-state index contributed by atoms with van der Waals surface area (Å²) in [4.78, 5) is 122. The topological polar surface area (TPSA) is 373 Å². The van der Waals surface area contributed by atoms with Crippen LogP contribution < -0.4 is 27.0 Å². The van der Waals surface area contributed by atoms with E-state index in [1.807, 2.05) is 0 Å². The summed E-state index contributed by atoms with van der Waals surface area (Å²) in [7, 11) is -5.00. The molecule has 2 heterocycles. The Bertz CT molecular complexity index is 1580. The summed E-state index contributed by atoms with van der Waals surface area (Å²) >= 11 is 0. The lowest BCUT2D eigenvalue weighted by molar-refractivity contribution is -0.403. The van der Waals surface area contributed by atoms with Crippen LogP contribution in [0.3, 0.4) is 0 Å². The van der Waals surface area contributed by atoms with Crippen LogP contribution in [0.15, 0.2) is 24.3 Å². The fraction of sp³-hybridized carbons (Fsp3) is 0.594. The maximum Gasteiger partial charge on any atom is 0.567 e. The van der Waals surface area contributed by atoms with Gasteiger partial charge < -0.3 is 62.3 Å². The van der Waals surface area contributed by atoms with Crippen LogP contribution >= 0.6 is 8.17 Å². The molecule has 3 rings (SSSR count). The number of carboxylic acids is 1. The van der Waals surface area contributed by atoms with Crippen LogP contribution in [0.2, 0.25) is 0 Å². The number of aliphatic hydroxyl groups is 3. The summed E-state index contributed by atoms with van der Waals surface area (Å²) in [6, 6.07) is -4.26. The highest BCUT2D eigenvalue weighted by Gasteiger charge is 2.44. The number of hydrogen-bond donors (Lipinski definition) is 13. The number of carboxylic acid groups (broad SMARTS) is 1. The smallest absolute Gasteiger partial charge is 0.508 e. The molecule has 0 unspecified atom stereocenters. The van der Waals surface area contributed by atoms with Gasteiger partial charge in [-0.1, -0.05) is 12.1 Å². The third-order valence-corrected chi connectivity index (χ3v) is 9.65. The van der Waals surface area contributed by atoms with Crippen molar-refractivity contribution in [3.05, 3.63) is 29.8 Å². The zero-order chi connectivity index (χ0) is 41.9. The molecule has 2 fully saturated rings. The number of phenols is 1. The molecule has 0 spiro atoms. The highest BCUT2D eigenvalue weighted by Crippen LogP contribution is 2.45. The van der Waals surface area contributed by atoms with Crippen molar-refractivity contribution >= 4 is 49.6 Å². The van der Waals surface area contributed by atoms with E-state index in [0.29, 0.717) is 12.0 Å². The molecule has 1 aromatic rings. The fourth-order valence-electron chi connectivity index (χ4n) is 6.21. The second-order valence-electron chi connectivity index (χ2n) is 13.4. The minimum absolute atomic E-state index is 0.0223. The number of hydrogen-bond acceptors (Lipinski definition) is 15. The molecule has 56 heavy (non-hydrogen) atoms. The molecule has 24 heteroatoms. The van der Waals surface area contributed by atoms with Crippen LogP contribution in [0.1, 0.15) is 38.2 Å². The first-order chi connectivity index (χ1) is 26.3. The third-order valence-electron chi connectivity index (χ3n) is 9.15. The molecule has 15 N–H and O–H groups in total. The number of rotatable bonds is 19. The number of nitrogens with one attached hydrogen (secondary N) is 4. The Kier molecular flexibility index (Phi) is 16.8. The highest BCUT2D eigenvalue weighted by atomic mass is 31.2. The van der Waals surface area contributed by atoms with Gasteiger partial charge in [0.15, 0.2) is 6.04 Å². The quantitative estimate of drug-likeness (QED) is 0.0577. The molecule has 6 amide bonds. The monoisotopic (exact) mass is 819 g/mol. The Morgan fingerprint density at radius 2 is 1.30 bits per heavy atom. The third kappa shape index (κ3) is 12.7. The maximum absolute atomic E-state index is 13.7. The van der Waals surface area contributed by atoms with E-state index < -0.39 is 118 Å². The normalized spacial score (nSPS) is 20.2. The first-order valence-electron chi connectivity index (χ1n) is 17.6. The van der Waals surface area contributed by atoms with Crippen LogP contribution in [0.5, 0.6) is 5.75 Å². The number of aliphatic carboxylic acids is 1. The zero-order valence-corrected chi connectivity index (χ0v) is 31.3. The van der Waals surface area contributed by atoms with Crippen LogP contribution in [0.4, 0.5) is 0 Å². The summed E-state index contributed by atoms with van der Waals surface area (Å²) in [6.45, 7) is -1.83. The summed E-state index contributed by atoms with van der Waals surface area (Å²) in [6.07, 6.45) is -0.851. The van der Waals surface area contributed by atoms with Gasteiger partial charge in [0.05, 0.1) is 19.3 Å². The molecule has 23 nitrogen and oxygen atoms in total. The molecule has 0 aromatic heterocycles. The molecule has 8 atom stereocenters. The van der Waals surface area contributed by atoms with Gasteiger partial charge >= 0.3 is 14.1 Å².